The topological polar surface area (TPSA) is 86.3 Å². The first-order valence-electron chi connectivity index (χ1n) is 9.17. The maximum Gasteiger partial charge on any atom is 0.271 e. The Morgan fingerprint density at radius 2 is 1.73 bits per heavy atom. The van der Waals surface area contributed by atoms with Gasteiger partial charge in [-0.15, -0.1) is 0 Å². The lowest BCUT2D eigenvalue weighted by Crippen LogP contribution is -2.18. The Bertz CT molecular complexity index is 1260. The van der Waals surface area contributed by atoms with E-state index >= 15 is 0 Å². The van der Waals surface area contributed by atoms with Crippen molar-refractivity contribution < 1.29 is 9.59 Å². The first-order chi connectivity index (χ1) is 14.6. The van der Waals surface area contributed by atoms with E-state index in [1.807, 2.05) is 30.5 Å². The number of fused-ring (bicyclic) bond motifs is 1. The van der Waals surface area contributed by atoms with Crippen LogP contribution >= 0.6 is 11.6 Å². The van der Waals surface area contributed by atoms with E-state index in [1.165, 1.54) is 0 Å². The fourth-order valence-corrected chi connectivity index (χ4v) is 3.23. The van der Waals surface area contributed by atoms with Crippen molar-refractivity contribution in [3.05, 3.63) is 101 Å². The summed E-state index contributed by atoms with van der Waals surface area (Å²) >= 11 is 6.06. The van der Waals surface area contributed by atoms with E-state index in [0.717, 1.165) is 16.5 Å². The molecule has 0 aliphatic rings. The van der Waals surface area contributed by atoms with Crippen LogP contribution in [0.25, 0.3) is 10.9 Å². The quantitative estimate of drug-likeness (QED) is 0.321. The van der Waals surface area contributed by atoms with E-state index in [2.05, 4.69) is 20.8 Å². The number of rotatable bonds is 5. The number of hydrazone groups is 1. The van der Waals surface area contributed by atoms with Gasteiger partial charge in [0.1, 0.15) is 0 Å². The Hall–Kier alpha value is -3.90. The lowest BCUT2D eigenvalue weighted by Gasteiger charge is -2.08. The van der Waals surface area contributed by atoms with Crippen molar-refractivity contribution in [1.29, 1.82) is 0 Å². The number of benzene rings is 3. The van der Waals surface area contributed by atoms with E-state index in [1.54, 1.807) is 54.7 Å². The van der Waals surface area contributed by atoms with Gasteiger partial charge in [0, 0.05) is 33.9 Å². The highest BCUT2D eigenvalue weighted by Crippen LogP contribution is 2.18. The molecular formula is C23H17ClN4O2. The largest absolute Gasteiger partial charge is 0.361 e. The standard InChI is InChI=1S/C23H17ClN4O2/c24-20-10-3-1-9-19(20)23(30)27-17-7-5-6-15(12-17)22(29)28-26-14-16-13-25-21-11-4-2-8-18(16)21/h1-14,25H,(H,27,30)(H,28,29)/b26-14+. The van der Waals surface area contributed by atoms with Crippen molar-refractivity contribution in [2.24, 2.45) is 5.10 Å². The molecule has 6 nitrogen and oxygen atoms in total. The smallest absolute Gasteiger partial charge is 0.271 e. The van der Waals surface area contributed by atoms with Gasteiger partial charge in [0.05, 0.1) is 16.8 Å². The molecule has 0 radical (unpaired) electrons. The van der Waals surface area contributed by atoms with E-state index in [9.17, 15) is 9.59 Å². The van der Waals surface area contributed by atoms with Gasteiger partial charge in [-0.05, 0) is 36.4 Å². The molecule has 0 aliphatic carbocycles. The molecular weight excluding hydrogens is 400 g/mol. The van der Waals surface area contributed by atoms with Crippen LogP contribution in [-0.2, 0) is 0 Å². The summed E-state index contributed by atoms with van der Waals surface area (Å²) in [6.45, 7) is 0. The van der Waals surface area contributed by atoms with Crippen molar-refractivity contribution in [3.8, 4) is 0 Å². The van der Waals surface area contributed by atoms with Gasteiger partial charge in [-0.3, -0.25) is 9.59 Å². The van der Waals surface area contributed by atoms with E-state index in [-0.39, 0.29) is 11.8 Å². The molecule has 4 aromatic rings. The maximum atomic E-state index is 12.4. The number of aromatic nitrogens is 1. The average Bonchev–Trinajstić information content (AvgIpc) is 3.17. The number of para-hydroxylation sites is 1. The van der Waals surface area contributed by atoms with E-state index < -0.39 is 0 Å². The molecule has 7 heteroatoms. The van der Waals surface area contributed by atoms with Crippen molar-refractivity contribution in [2.45, 2.75) is 0 Å². The number of amides is 2. The Morgan fingerprint density at radius 1 is 0.933 bits per heavy atom. The predicted molar refractivity (Wildman–Crippen MR) is 119 cm³/mol. The van der Waals surface area contributed by atoms with Crippen LogP contribution in [0.1, 0.15) is 26.3 Å². The van der Waals surface area contributed by atoms with Gasteiger partial charge in [-0.1, -0.05) is 48.0 Å². The number of halogens is 1. The number of nitrogens with zero attached hydrogens (tertiary/aromatic N) is 1. The third-order valence-corrected chi connectivity index (χ3v) is 4.82. The summed E-state index contributed by atoms with van der Waals surface area (Å²) in [6, 6.07) is 21.2. The zero-order valence-electron chi connectivity index (χ0n) is 15.7. The van der Waals surface area contributed by atoms with Gasteiger partial charge in [-0.2, -0.15) is 5.10 Å². The zero-order valence-corrected chi connectivity index (χ0v) is 16.5. The van der Waals surface area contributed by atoms with Crippen LogP contribution in [-0.4, -0.2) is 23.0 Å². The van der Waals surface area contributed by atoms with Gasteiger partial charge >= 0.3 is 0 Å². The van der Waals surface area contributed by atoms with Crippen LogP contribution < -0.4 is 10.7 Å². The molecule has 0 saturated carbocycles. The van der Waals surface area contributed by atoms with Crippen molar-refractivity contribution >= 4 is 46.2 Å². The molecule has 3 N–H and O–H groups in total. The molecule has 148 valence electrons. The summed E-state index contributed by atoms with van der Waals surface area (Å²) < 4.78 is 0. The summed E-state index contributed by atoms with van der Waals surface area (Å²) in [4.78, 5) is 28.0. The molecule has 1 heterocycles. The molecule has 0 saturated heterocycles. The monoisotopic (exact) mass is 416 g/mol. The van der Waals surface area contributed by atoms with E-state index in [0.29, 0.717) is 21.8 Å². The Morgan fingerprint density at radius 3 is 2.60 bits per heavy atom. The number of hydrogen-bond acceptors (Lipinski definition) is 3. The first-order valence-corrected chi connectivity index (χ1v) is 9.55. The SMILES string of the molecule is O=C(N/N=C/c1c[nH]c2ccccc12)c1cccc(NC(=O)c2ccccc2Cl)c1. The minimum atomic E-state index is -0.389. The van der Waals surface area contributed by atoms with Gasteiger partial charge in [0.2, 0.25) is 0 Å². The van der Waals surface area contributed by atoms with Crippen LogP contribution in [0.3, 0.4) is 0 Å². The van der Waals surface area contributed by atoms with Gasteiger partial charge in [0.15, 0.2) is 0 Å². The second-order valence-corrected chi connectivity index (χ2v) is 6.91. The lowest BCUT2D eigenvalue weighted by molar-refractivity contribution is 0.0953. The number of hydrogen-bond donors (Lipinski definition) is 3. The van der Waals surface area contributed by atoms with E-state index in [4.69, 9.17) is 11.6 Å². The Kier molecular flexibility index (Phi) is 5.59. The fraction of sp³-hybridized carbons (Fsp3) is 0. The first kappa shape index (κ1) is 19.4. The predicted octanol–water partition coefficient (Wildman–Crippen LogP) is 4.84. The number of H-pyrrole nitrogens is 1. The summed E-state index contributed by atoms with van der Waals surface area (Å²) in [7, 11) is 0. The molecule has 0 aliphatic heterocycles. The highest BCUT2D eigenvalue weighted by Gasteiger charge is 2.11. The van der Waals surface area contributed by atoms with Gasteiger partial charge < -0.3 is 10.3 Å². The van der Waals surface area contributed by atoms with Crippen LogP contribution in [0.2, 0.25) is 5.02 Å². The van der Waals surface area contributed by atoms with Crippen LogP contribution in [0.5, 0.6) is 0 Å². The minimum absolute atomic E-state index is 0.351. The molecule has 0 atom stereocenters. The summed E-state index contributed by atoms with van der Waals surface area (Å²) in [5, 5.41) is 8.16. The molecule has 3 aromatic carbocycles. The number of aromatic amines is 1. The fourth-order valence-electron chi connectivity index (χ4n) is 3.01. The highest BCUT2D eigenvalue weighted by atomic mass is 35.5. The minimum Gasteiger partial charge on any atom is -0.361 e. The molecule has 4 rings (SSSR count). The van der Waals surface area contributed by atoms with Crippen molar-refractivity contribution in [3.63, 3.8) is 0 Å². The maximum absolute atomic E-state index is 12.4. The summed E-state index contributed by atoms with van der Waals surface area (Å²) in [5.41, 5.74) is 5.57. The number of anilines is 1. The van der Waals surface area contributed by atoms with Crippen LogP contribution in [0, 0.1) is 0 Å². The number of nitrogens with one attached hydrogen (secondary N) is 3. The molecule has 0 fully saturated rings. The molecule has 0 unspecified atom stereocenters. The van der Waals surface area contributed by atoms with Gasteiger partial charge in [0.25, 0.3) is 11.8 Å². The number of carbonyl (C=O) groups excluding carboxylic acids is 2. The second-order valence-electron chi connectivity index (χ2n) is 6.50. The molecule has 0 spiro atoms. The summed E-state index contributed by atoms with van der Waals surface area (Å²) in [5.74, 6) is -0.740. The van der Waals surface area contributed by atoms with Crippen molar-refractivity contribution in [1.82, 2.24) is 10.4 Å². The molecule has 1 aromatic heterocycles. The summed E-state index contributed by atoms with van der Waals surface area (Å²) in [6.07, 6.45) is 3.41. The highest BCUT2D eigenvalue weighted by molar-refractivity contribution is 6.34. The third-order valence-electron chi connectivity index (χ3n) is 4.49. The van der Waals surface area contributed by atoms with Crippen molar-refractivity contribution in [2.75, 3.05) is 5.32 Å². The third kappa shape index (κ3) is 4.24. The molecule has 30 heavy (non-hydrogen) atoms. The molecule has 0 bridgehead atoms. The zero-order chi connectivity index (χ0) is 20.9. The van der Waals surface area contributed by atoms with Crippen LogP contribution in [0.4, 0.5) is 5.69 Å². The lowest BCUT2D eigenvalue weighted by atomic mass is 10.1. The number of carbonyl (C=O) groups is 2. The molecule has 2 amide bonds. The van der Waals surface area contributed by atoms with Crippen LogP contribution in [0.15, 0.2) is 84.1 Å². The normalized spacial score (nSPS) is 11.0. The Balaban J connectivity index is 1.43. The Labute approximate surface area is 177 Å². The second kappa shape index (κ2) is 8.63. The average molecular weight is 417 g/mol. The van der Waals surface area contributed by atoms with Gasteiger partial charge in [-0.25, -0.2) is 5.43 Å².